The predicted octanol–water partition coefficient (Wildman–Crippen LogP) is 0.341. The van der Waals surface area contributed by atoms with Crippen molar-refractivity contribution in [1.82, 2.24) is 20.4 Å². The van der Waals surface area contributed by atoms with E-state index in [9.17, 15) is 0 Å². The van der Waals surface area contributed by atoms with E-state index < -0.39 is 0 Å². The minimum absolute atomic E-state index is 0.671. The van der Waals surface area contributed by atoms with Crippen LogP contribution < -0.4 is 10.6 Å². The molecule has 0 spiro atoms. The quantitative estimate of drug-likeness (QED) is 0.557. The molecule has 2 aliphatic rings. The number of aliphatic imine (C=N–C) groups is 1. The van der Waals surface area contributed by atoms with Crippen molar-refractivity contribution in [3.8, 4) is 0 Å². The van der Waals surface area contributed by atoms with Crippen LogP contribution in [0.3, 0.4) is 0 Å². The lowest BCUT2D eigenvalue weighted by Gasteiger charge is -2.19. The van der Waals surface area contributed by atoms with Gasteiger partial charge in [-0.05, 0) is 46.3 Å². The third-order valence-corrected chi connectivity index (χ3v) is 3.76. The molecule has 0 aromatic carbocycles. The van der Waals surface area contributed by atoms with Gasteiger partial charge in [0.2, 0.25) is 0 Å². The molecule has 5 heteroatoms. The first-order chi connectivity index (χ1) is 9.28. The van der Waals surface area contributed by atoms with E-state index in [1.807, 2.05) is 0 Å². The highest BCUT2D eigenvalue weighted by Gasteiger charge is 2.22. The summed E-state index contributed by atoms with van der Waals surface area (Å²) in [5, 5.41) is 6.78. The van der Waals surface area contributed by atoms with E-state index in [4.69, 9.17) is 0 Å². The van der Waals surface area contributed by atoms with E-state index >= 15 is 0 Å². The lowest BCUT2D eigenvalue weighted by atomic mass is 10.4. The standard InChI is InChI=1S/C14H29N5/c1-3-15-14(17-13-5-6-13)16-7-10-19-9-4-8-18(2)11-12-19/h13H,3-12H2,1-2H3,(H2,15,16,17). The average Bonchev–Trinajstić information content (AvgIpc) is 3.19. The summed E-state index contributed by atoms with van der Waals surface area (Å²) in [5.74, 6) is 0.997. The van der Waals surface area contributed by atoms with Crippen LogP contribution in [0.1, 0.15) is 26.2 Å². The van der Waals surface area contributed by atoms with Gasteiger partial charge in [-0.15, -0.1) is 0 Å². The van der Waals surface area contributed by atoms with Gasteiger partial charge >= 0.3 is 0 Å². The summed E-state index contributed by atoms with van der Waals surface area (Å²) >= 11 is 0. The topological polar surface area (TPSA) is 42.9 Å². The third kappa shape index (κ3) is 5.78. The van der Waals surface area contributed by atoms with Gasteiger partial charge in [0.15, 0.2) is 5.96 Å². The number of likely N-dealkylation sites (N-methyl/N-ethyl adjacent to an activating group) is 1. The molecule has 2 fully saturated rings. The maximum absolute atomic E-state index is 4.68. The van der Waals surface area contributed by atoms with E-state index in [1.165, 1.54) is 45.4 Å². The van der Waals surface area contributed by atoms with E-state index in [-0.39, 0.29) is 0 Å². The molecule has 0 radical (unpaired) electrons. The van der Waals surface area contributed by atoms with Crippen molar-refractivity contribution >= 4 is 5.96 Å². The molecule has 1 saturated heterocycles. The van der Waals surface area contributed by atoms with Crippen molar-refractivity contribution in [2.24, 2.45) is 4.99 Å². The van der Waals surface area contributed by atoms with Crippen LogP contribution in [0.5, 0.6) is 0 Å². The van der Waals surface area contributed by atoms with Crippen LogP contribution in [-0.4, -0.2) is 74.7 Å². The Morgan fingerprint density at radius 1 is 1.21 bits per heavy atom. The molecule has 2 rings (SSSR count). The number of hydrogen-bond acceptors (Lipinski definition) is 3. The molecule has 2 N–H and O–H groups in total. The zero-order chi connectivity index (χ0) is 13.5. The number of hydrogen-bond donors (Lipinski definition) is 2. The maximum atomic E-state index is 4.68. The molecule has 1 aliphatic heterocycles. The molecule has 0 unspecified atom stereocenters. The second-order valence-electron chi connectivity index (χ2n) is 5.68. The van der Waals surface area contributed by atoms with Crippen LogP contribution in [0.2, 0.25) is 0 Å². The SMILES string of the molecule is CCNC(=NCCN1CCCN(C)CC1)NC1CC1. The Morgan fingerprint density at radius 3 is 2.79 bits per heavy atom. The van der Waals surface area contributed by atoms with Crippen LogP contribution in [0.4, 0.5) is 0 Å². The summed E-state index contributed by atoms with van der Waals surface area (Å²) in [5.41, 5.74) is 0. The fourth-order valence-electron chi connectivity index (χ4n) is 2.37. The van der Waals surface area contributed by atoms with Gasteiger partial charge in [0, 0.05) is 32.2 Å². The van der Waals surface area contributed by atoms with Crippen molar-refractivity contribution in [2.45, 2.75) is 32.2 Å². The number of guanidine groups is 1. The Balaban J connectivity index is 1.69. The fraction of sp³-hybridized carbons (Fsp3) is 0.929. The van der Waals surface area contributed by atoms with Crippen molar-refractivity contribution in [3.63, 3.8) is 0 Å². The Morgan fingerprint density at radius 2 is 2.05 bits per heavy atom. The molecule has 0 bridgehead atoms. The predicted molar refractivity (Wildman–Crippen MR) is 80.7 cm³/mol. The average molecular weight is 267 g/mol. The van der Waals surface area contributed by atoms with Gasteiger partial charge in [-0.3, -0.25) is 4.99 Å². The minimum atomic E-state index is 0.671. The van der Waals surface area contributed by atoms with Crippen molar-refractivity contribution in [3.05, 3.63) is 0 Å². The van der Waals surface area contributed by atoms with Gasteiger partial charge in [-0.25, -0.2) is 0 Å². The molecule has 1 saturated carbocycles. The maximum Gasteiger partial charge on any atom is 0.191 e. The lowest BCUT2D eigenvalue weighted by molar-refractivity contribution is 0.283. The fourth-order valence-corrected chi connectivity index (χ4v) is 2.37. The van der Waals surface area contributed by atoms with Gasteiger partial charge in [-0.1, -0.05) is 0 Å². The zero-order valence-electron chi connectivity index (χ0n) is 12.5. The minimum Gasteiger partial charge on any atom is -0.357 e. The highest BCUT2D eigenvalue weighted by atomic mass is 15.2. The molecule has 5 nitrogen and oxygen atoms in total. The molecule has 110 valence electrons. The second-order valence-corrected chi connectivity index (χ2v) is 5.68. The van der Waals surface area contributed by atoms with Crippen LogP contribution in [0.25, 0.3) is 0 Å². The highest BCUT2D eigenvalue weighted by Crippen LogP contribution is 2.18. The van der Waals surface area contributed by atoms with Crippen LogP contribution in [0, 0.1) is 0 Å². The molecular weight excluding hydrogens is 238 g/mol. The lowest BCUT2D eigenvalue weighted by Crippen LogP contribution is -2.39. The molecule has 1 heterocycles. The largest absolute Gasteiger partial charge is 0.357 e. The number of nitrogens with zero attached hydrogens (tertiary/aromatic N) is 3. The molecule has 19 heavy (non-hydrogen) atoms. The highest BCUT2D eigenvalue weighted by molar-refractivity contribution is 5.80. The second kappa shape index (κ2) is 7.70. The number of nitrogens with one attached hydrogen (secondary N) is 2. The molecule has 0 aromatic heterocycles. The summed E-state index contributed by atoms with van der Waals surface area (Å²) in [6.07, 6.45) is 3.87. The van der Waals surface area contributed by atoms with Gasteiger partial charge in [0.05, 0.1) is 6.54 Å². The first-order valence-electron chi connectivity index (χ1n) is 7.73. The van der Waals surface area contributed by atoms with Gasteiger partial charge < -0.3 is 20.4 Å². The Kier molecular flexibility index (Phi) is 5.92. The van der Waals surface area contributed by atoms with Crippen LogP contribution in [0.15, 0.2) is 4.99 Å². The monoisotopic (exact) mass is 267 g/mol. The zero-order valence-corrected chi connectivity index (χ0v) is 12.5. The van der Waals surface area contributed by atoms with E-state index in [2.05, 4.69) is 39.4 Å². The Labute approximate surface area is 117 Å². The Hall–Kier alpha value is -0.810. The summed E-state index contributed by atoms with van der Waals surface area (Å²) in [6.45, 7) is 9.84. The molecule has 1 aliphatic carbocycles. The summed E-state index contributed by atoms with van der Waals surface area (Å²) < 4.78 is 0. The first-order valence-corrected chi connectivity index (χ1v) is 7.73. The molecular formula is C14H29N5. The van der Waals surface area contributed by atoms with Gasteiger partial charge in [0.1, 0.15) is 0 Å². The van der Waals surface area contributed by atoms with Gasteiger partial charge in [-0.2, -0.15) is 0 Å². The number of rotatable bonds is 5. The summed E-state index contributed by atoms with van der Waals surface area (Å²) in [4.78, 5) is 9.63. The molecule has 0 atom stereocenters. The molecule has 0 aromatic rings. The van der Waals surface area contributed by atoms with Crippen molar-refractivity contribution < 1.29 is 0 Å². The molecule has 0 amide bonds. The van der Waals surface area contributed by atoms with Crippen molar-refractivity contribution in [1.29, 1.82) is 0 Å². The van der Waals surface area contributed by atoms with E-state index in [0.29, 0.717) is 6.04 Å². The van der Waals surface area contributed by atoms with Crippen LogP contribution >= 0.6 is 0 Å². The van der Waals surface area contributed by atoms with E-state index in [0.717, 1.165) is 25.6 Å². The smallest absolute Gasteiger partial charge is 0.191 e. The van der Waals surface area contributed by atoms with Crippen LogP contribution in [-0.2, 0) is 0 Å². The first kappa shape index (κ1) is 14.6. The summed E-state index contributed by atoms with van der Waals surface area (Å²) in [7, 11) is 2.21. The van der Waals surface area contributed by atoms with E-state index in [1.54, 1.807) is 0 Å². The normalized spacial score (nSPS) is 23.2. The Bertz CT molecular complexity index is 288. The van der Waals surface area contributed by atoms with Crippen molar-refractivity contribution in [2.75, 3.05) is 52.9 Å². The third-order valence-electron chi connectivity index (χ3n) is 3.76. The summed E-state index contributed by atoms with van der Waals surface area (Å²) in [6, 6.07) is 0.671. The van der Waals surface area contributed by atoms with Gasteiger partial charge in [0.25, 0.3) is 0 Å².